The van der Waals surface area contributed by atoms with E-state index in [1.165, 1.54) is 11.8 Å². The van der Waals surface area contributed by atoms with E-state index in [1.54, 1.807) is 14.1 Å². The predicted octanol–water partition coefficient (Wildman–Crippen LogP) is 1.21. The molecule has 0 fully saturated rings. The van der Waals surface area contributed by atoms with Crippen LogP contribution in [0.3, 0.4) is 0 Å². The lowest BCUT2D eigenvalue weighted by Crippen LogP contribution is -2.37. The maximum absolute atomic E-state index is 11.9. The molecule has 0 saturated carbocycles. The molecule has 0 aromatic heterocycles. The van der Waals surface area contributed by atoms with Crippen LogP contribution in [0.5, 0.6) is 0 Å². The van der Waals surface area contributed by atoms with Crippen molar-refractivity contribution in [1.82, 2.24) is 4.90 Å². The third-order valence-corrected chi connectivity index (χ3v) is 2.97. The van der Waals surface area contributed by atoms with Crippen molar-refractivity contribution in [3.05, 3.63) is 35.9 Å². The van der Waals surface area contributed by atoms with Crippen LogP contribution in [0.1, 0.15) is 18.9 Å². The van der Waals surface area contributed by atoms with Gasteiger partial charge < -0.3 is 14.7 Å². The molecule has 0 unspecified atom stereocenters. The average molecular weight is 279 g/mol. The molecule has 1 rings (SSSR count). The first-order valence-corrected chi connectivity index (χ1v) is 6.50. The summed E-state index contributed by atoms with van der Waals surface area (Å²) in [6, 6.07) is 9.30. The number of carbonyl (C=O) groups is 2. The Morgan fingerprint density at radius 1 is 1.25 bits per heavy atom. The molecule has 5 heteroatoms. The van der Waals surface area contributed by atoms with Gasteiger partial charge in [-0.2, -0.15) is 0 Å². The molecule has 0 spiro atoms. The fraction of sp³-hybridized carbons (Fsp3) is 0.467. The van der Waals surface area contributed by atoms with Crippen LogP contribution >= 0.6 is 0 Å². The molecule has 0 aliphatic carbocycles. The van der Waals surface area contributed by atoms with E-state index in [1.807, 2.05) is 30.3 Å². The summed E-state index contributed by atoms with van der Waals surface area (Å²) in [6.45, 7) is 1.67. The van der Waals surface area contributed by atoms with E-state index in [9.17, 15) is 14.7 Å². The van der Waals surface area contributed by atoms with Gasteiger partial charge >= 0.3 is 5.97 Å². The average Bonchev–Trinajstić information content (AvgIpc) is 2.42. The Balaban J connectivity index is 2.52. The molecule has 0 saturated heterocycles. The number of esters is 1. The smallest absolute Gasteiger partial charge is 0.307 e. The summed E-state index contributed by atoms with van der Waals surface area (Å²) in [5.41, 5.74) is 0.883. The summed E-state index contributed by atoms with van der Waals surface area (Å²) < 4.78 is 5.12. The second-order valence-corrected chi connectivity index (χ2v) is 4.93. The van der Waals surface area contributed by atoms with Crippen molar-refractivity contribution in [3.8, 4) is 0 Å². The highest BCUT2D eigenvalue weighted by Crippen LogP contribution is 2.13. The molecule has 2 atom stereocenters. The second kappa shape index (κ2) is 7.65. The monoisotopic (exact) mass is 279 g/mol. The van der Waals surface area contributed by atoms with Crippen LogP contribution in [0.2, 0.25) is 0 Å². The molecule has 5 nitrogen and oxygen atoms in total. The lowest BCUT2D eigenvalue weighted by Gasteiger charge is -2.22. The van der Waals surface area contributed by atoms with E-state index in [0.29, 0.717) is 0 Å². The van der Waals surface area contributed by atoms with Crippen molar-refractivity contribution in [2.45, 2.75) is 26.1 Å². The first-order valence-electron chi connectivity index (χ1n) is 6.50. The van der Waals surface area contributed by atoms with Gasteiger partial charge in [0.2, 0.25) is 5.91 Å². The summed E-state index contributed by atoms with van der Waals surface area (Å²) >= 11 is 0. The van der Waals surface area contributed by atoms with Crippen molar-refractivity contribution in [1.29, 1.82) is 0 Å². The molecule has 20 heavy (non-hydrogen) atoms. The molecule has 1 aromatic rings. The highest BCUT2D eigenvalue weighted by atomic mass is 16.5. The van der Waals surface area contributed by atoms with Crippen LogP contribution in [0.4, 0.5) is 0 Å². The molecule has 0 radical (unpaired) electrons. The fourth-order valence-electron chi connectivity index (χ4n) is 1.77. The van der Waals surface area contributed by atoms with Crippen molar-refractivity contribution >= 4 is 11.9 Å². The van der Waals surface area contributed by atoms with Gasteiger partial charge in [-0.15, -0.1) is 0 Å². The van der Waals surface area contributed by atoms with Gasteiger partial charge in [0.15, 0.2) is 0 Å². The summed E-state index contributed by atoms with van der Waals surface area (Å²) in [5, 5.41) is 9.61. The van der Waals surface area contributed by atoms with Crippen LogP contribution in [-0.2, 0) is 20.9 Å². The van der Waals surface area contributed by atoms with E-state index >= 15 is 0 Å². The van der Waals surface area contributed by atoms with Gasteiger partial charge in [-0.05, 0) is 12.5 Å². The number of hydrogen-bond acceptors (Lipinski definition) is 4. The van der Waals surface area contributed by atoms with Crippen molar-refractivity contribution in [3.63, 3.8) is 0 Å². The van der Waals surface area contributed by atoms with Crippen LogP contribution in [0.15, 0.2) is 30.3 Å². The minimum atomic E-state index is -0.894. The molecule has 1 amide bonds. The minimum absolute atomic E-state index is 0.123. The number of ether oxygens (including phenoxy) is 1. The molecule has 0 aliphatic rings. The Morgan fingerprint density at radius 2 is 1.85 bits per heavy atom. The molecule has 0 bridgehead atoms. The Kier molecular flexibility index (Phi) is 6.18. The Hall–Kier alpha value is -1.88. The molecule has 1 N–H and O–H groups in total. The van der Waals surface area contributed by atoms with Gasteiger partial charge in [0.25, 0.3) is 0 Å². The van der Waals surface area contributed by atoms with E-state index in [-0.39, 0.29) is 18.9 Å². The summed E-state index contributed by atoms with van der Waals surface area (Å²) in [5.74, 6) is -1.54. The number of carbonyl (C=O) groups excluding carboxylic acids is 2. The van der Waals surface area contributed by atoms with E-state index in [0.717, 1.165) is 5.56 Å². The maximum atomic E-state index is 11.9. The number of hydrogen-bond donors (Lipinski definition) is 1. The Morgan fingerprint density at radius 3 is 2.35 bits per heavy atom. The number of benzene rings is 1. The van der Waals surface area contributed by atoms with E-state index in [4.69, 9.17) is 4.74 Å². The first-order chi connectivity index (χ1) is 9.41. The van der Waals surface area contributed by atoms with E-state index in [2.05, 4.69) is 0 Å². The number of rotatable bonds is 6. The number of nitrogens with zero attached hydrogens (tertiary/aromatic N) is 1. The zero-order valence-electron chi connectivity index (χ0n) is 12.1. The van der Waals surface area contributed by atoms with Gasteiger partial charge in [0.1, 0.15) is 6.61 Å². The number of amides is 1. The topological polar surface area (TPSA) is 66.8 Å². The lowest BCUT2D eigenvalue weighted by molar-refractivity contribution is -0.151. The highest BCUT2D eigenvalue weighted by Gasteiger charge is 2.28. The predicted molar refractivity (Wildman–Crippen MR) is 74.7 cm³/mol. The number of aliphatic hydroxyl groups is 1. The Bertz CT molecular complexity index is 442. The SMILES string of the molecule is C[C@@H](O)[C@H](CC(=O)OCc1ccccc1)C(=O)N(C)C. The standard InChI is InChI=1S/C15H21NO4/c1-11(17)13(15(19)16(2)3)9-14(18)20-10-12-7-5-4-6-8-12/h4-8,11,13,17H,9-10H2,1-3H3/t11-,13+/m1/s1. The summed E-state index contributed by atoms with van der Waals surface area (Å²) in [4.78, 5) is 25.0. The number of aliphatic hydroxyl groups excluding tert-OH is 1. The van der Waals surface area contributed by atoms with Gasteiger partial charge in [-0.3, -0.25) is 9.59 Å². The van der Waals surface area contributed by atoms with E-state index < -0.39 is 18.0 Å². The van der Waals surface area contributed by atoms with Crippen LogP contribution < -0.4 is 0 Å². The van der Waals surface area contributed by atoms with Crippen LogP contribution in [-0.4, -0.2) is 42.1 Å². The highest BCUT2D eigenvalue weighted by molar-refractivity contribution is 5.83. The first kappa shape index (κ1) is 16.2. The van der Waals surface area contributed by atoms with Gasteiger partial charge in [-0.25, -0.2) is 0 Å². The van der Waals surface area contributed by atoms with Crippen LogP contribution in [0.25, 0.3) is 0 Å². The maximum Gasteiger partial charge on any atom is 0.307 e. The Labute approximate surface area is 119 Å². The third-order valence-electron chi connectivity index (χ3n) is 2.97. The molecule has 110 valence electrons. The normalized spacial score (nSPS) is 13.4. The molecule has 1 aromatic carbocycles. The largest absolute Gasteiger partial charge is 0.461 e. The summed E-state index contributed by atoms with van der Waals surface area (Å²) in [7, 11) is 3.18. The van der Waals surface area contributed by atoms with Gasteiger partial charge in [-0.1, -0.05) is 30.3 Å². The molecular formula is C15H21NO4. The molecule has 0 heterocycles. The quantitative estimate of drug-likeness (QED) is 0.795. The van der Waals surface area contributed by atoms with Gasteiger partial charge in [0.05, 0.1) is 18.4 Å². The van der Waals surface area contributed by atoms with Gasteiger partial charge in [0, 0.05) is 14.1 Å². The van der Waals surface area contributed by atoms with Crippen molar-refractivity contribution in [2.24, 2.45) is 5.92 Å². The lowest BCUT2D eigenvalue weighted by atomic mass is 9.98. The molecule has 0 aliphatic heterocycles. The zero-order valence-corrected chi connectivity index (χ0v) is 12.1. The minimum Gasteiger partial charge on any atom is -0.461 e. The fourth-order valence-corrected chi connectivity index (χ4v) is 1.77. The van der Waals surface area contributed by atoms with Crippen molar-refractivity contribution < 1.29 is 19.4 Å². The van der Waals surface area contributed by atoms with Crippen molar-refractivity contribution in [2.75, 3.05) is 14.1 Å². The molecular weight excluding hydrogens is 258 g/mol. The third kappa shape index (κ3) is 5.01. The zero-order chi connectivity index (χ0) is 15.1. The summed E-state index contributed by atoms with van der Waals surface area (Å²) in [6.07, 6.45) is -1.02. The van der Waals surface area contributed by atoms with Crippen LogP contribution in [0, 0.1) is 5.92 Å². The second-order valence-electron chi connectivity index (χ2n) is 4.93.